The molecule has 0 bridgehead atoms. The first kappa shape index (κ1) is 27.9. The van der Waals surface area contributed by atoms with Crippen LogP contribution >= 0.6 is 0 Å². The van der Waals surface area contributed by atoms with E-state index in [1.165, 1.54) is 18.2 Å². The van der Waals surface area contributed by atoms with Crippen molar-refractivity contribution in [1.29, 1.82) is 0 Å². The summed E-state index contributed by atoms with van der Waals surface area (Å²) in [5.74, 6) is -7.37. The lowest BCUT2D eigenvalue weighted by Crippen LogP contribution is -2.21. The van der Waals surface area contributed by atoms with Gasteiger partial charge in [-0.05, 0) is 30.7 Å². The van der Waals surface area contributed by atoms with Gasteiger partial charge in [0.1, 0.15) is 10.5 Å². The normalized spacial score (nSPS) is 12.3. The van der Waals surface area contributed by atoms with Crippen LogP contribution in [0, 0.1) is 18.6 Å². The zero-order chi connectivity index (χ0) is 27.9. The number of carbonyl (C=O) groups is 1. The first-order valence-electron chi connectivity index (χ1n) is 9.69. The number of carbonyl (C=O) groups excluding carboxylic acids is 1. The predicted octanol–water partition coefficient (Wildman–Crippen LogP) is 3.33. The van der Waals surface area contributed by atoms with Crippen LogP contribution in [0.2, 0.25) is 0 Å². The summed E-state index contributed by atoms with van der Waals surface area (Å²) in [7, 11) is -7.94. The second-order valence-corrected chi connectivity index (χ2v) is 11.5. The van der Waals surface area contributed by atoms with Crippen molar-refractivity contribution in [2.45, 2.75) is 22.9 Å². The average molecular weight is 566 g/mol. The third-order valence-electron chi connectivity index (χ3n) is 4.69. The van der Waals surface area contributed by atoms with Gasteiger partial charge in [0.25, 0.3) is 17.7 Å². The van der Waals surface area contributed by atoms with Gasteiger partial charge in [0.15, 0.2) is 31.2 Å². The Morgan fingerprint density at radius 1 is 0.973 bits per heavy atom. The summed E-state index contributed by atoms with van der Waals surface area (Å²) in [6.45, 7) is 0.837. The highest BCUT2D eigenvalue weighted by molar-refractivity contribution is 7.91. The fourth-order valence-electron chi connectivity index (χ4n) is 2.96. The molecule has 37 heavy (non-hydrogen) atoms. The molecule has 3 rings (SSSR count). The van der Waals surface area contributed by atoms with E-state index >= 15 is 0 Å². The standard InChI is InChI=1S/C20H15F5N4O6S2/c1-9-13(17(30)27-10-5-4-6-11(7-10)36(2,31)32)18(29-28-16(9)20(23,24)25)35-19-15(22)14(21)12(8-26-19)37(3,33)34/h4-8H,1-3H3,(H,27,30). The first-order chi connectivity index (χ1) is 16.9. The fourth-order valence-corrected chi connectivity index (χ4v) is 4.29. The van der Waals surface area contributed by atoms with Crippen LogP contribution in [-0.2, 0) is 25.9 Å². The summed E-state index contributed by atoms with van der Waals surface area (Å²) in [6.07, 6.45) is -3.20. The summed E-state index contributed by atoms with van der Waals surface area (Å²) < 4.78 is 121. The van der Waals surface area contributed by atoms with Crippen LogP contribution < -0.4 is 10.1 Å². The number of ether oxygens (including phenoxy) is 1. The zero-order valence-corrected chi connectivity index (χ0v) is 20.5. The van der Waals surface area contributed by atoms with Gasteiger partial charge in [-0.1, -0.05) is 6.07 Å². The molecule has 0 radical (unpaired) electrons. The van der Waals surface area contributed by atoms with Crippen LogP contribution in [-0.4, -0.2) is 50.4 Å². The number of halogens is 5. The number of amides is 1. The summed E-state index contributed by atoms with van der Waals surface area (Å²) in [5.41, 5.74) is -3.47. The maximum absolute atomic E-state index is 14.5. The van der Waals surface area contributed by atoms with Crippen molar-refractivity contribution >= 4 is 31.3 Å². The molecule has 198 valence electrons. The molecule has 0 fully saturated rings. The van der Waals surface area contributed by atoms with Crippen LogP contribution in [0.4, 0.5) is 27.6 Å². The van der Waals surface area contributed by atoms with Gasteiger partial charge in [-0.3, -0.25) is 4.79 Å². The van der Waals surface area contributed by atoms with Crippen molar-refractivity contribution in [2.24, 2.45) is 0 Å². The van der Waals surface area contributed by atoms with Crippen molar-refractivity contribution in [3.05, 3.63) is 58.9 Å². The molecule has 0 atom stereocenters. The van der Waals surface area contributed by atoms with Gasteiger partial charge in [0.2, 0.25) is 5.82 Å². The number of sulfone groups is 2. The van der Waals surface area contributed by atoms with Gasteiger partial charge in [-0.2, -0.15) is 17.6 Å². The van der Waals surface area contributed by atoms with E-state index in [4.69, 9.17) is 4.74 Å². The molecule has 0 aliphatic carbocycles. The molecule has 2 heterocycles. The Balaban J connectivity index is 2.12. The minimum atomic E-state index is -5.08. The molecular formula is C20H15F5N4O6S2. The van der Waals surface area contributed by atoms with Crippen molar-refractivity contribution in [2.75, 3.05) is 17.8 Å². The van der Waals surface area contributed by atoms with E-state index in [-0.39, 0.29) is 10.6 Å². The molecule has 0 aliphatic rings. The summed E-state index contributed by atoms with van der Waals surface area (Å²) in [4.78, 5) is 15.0. The van der Waals surface area contributed by atoms with Crippen LogP contribution in [0.5, 0.6) is 11.8 Å². The van der Waals surface area contributed by atoms with E-state index in [1.54, 1.807) is 0 Å². The number of nitrogens with zero attached hydrogens (tertiary/aromatic N) is 3. The molecule has 0 saturated carbocycles. The predicted molar refractivity (Wildman–Crippen MR) is 117 cm³/mol. The quantitative estimate of drug-likeness (QED) is 0.444. The van der Waals surface area contributed by atoms with Crippen molar-refractivity contribution in [3.8, 4) is 11.8 Å². The first-order valence-corrected chi connectivity index (χ1v) is 13.5. The highest BCUT2D eigenvalue weighted by atomic mass is 32.2. The van der Waals surface area contributed by atoms with Gasteiger partial charge < -0.3 is 10.1 Å². The van der Waals surface area contributed by atoms with Crippen molar-refractivity contribution in [3.63, 3.8) is 0 Å². The van der Waals surface area contributed by atoms with Gasteiger partial charge in [-0.25, -0.2) is 26.2 Å². The Bertz CT molecular complexity index is 1630. The van der Waals surface area contributed by atoms with Gasteiger partial charge in [-0.15, -0.1) is 10.2 Å². The summed E-state index contributed by atoms with van der Waals surface area (Å²) >= 11 is 0. The summed E-state index contributed by atoms with van der Waals surface area (Å²) in [5, 5.41) is 8.30. The number of benzene rings is 1. The van der Waals surface area contributed by atoms with E-state index in [0.29, 0.717) is 12.5 Å². The third-order valence-corrected chi connectivity index (χ3v) is 6.88. The van der Waals surface area contributed by atoms with Crippen LogP contribution in [0.15, 0.2) is 40.3 Å². The second kappa shape index (κ2) is 9.62. The van der Waals surface area contributed by atoms with Gasteiger partial charge in [0, 0.05) is 18.2 Å². The molecule has 1 aromatic carbocycles. The number of nitrogens with one attached hydrogen (secondary N) is 1. The molecule has 0 aliphatic heterocycles. The number of pyridine rings is 1. The molecule has 1 amide bonds. The zero-order valence-electron chi connectivity index (χ0n) is 18.9. The Morgan fingerprint density at radius 3 is 2.19 bits per heavy atom. The number of alkyl halides is 3. The smallest absolute Gasteiger partial charge is 0.415 e. The molecule has 3 aromatic rings. The number of hydrogen-bond donors (Lipinski definition) is 1. The Labute approximate surface area is 206 Å². The van der Waals surface area contributed by atoms with Gasteiger partial charge >= 0.3 is 6.18 Å². The second-order valence-electron chi connectivity index (χ2n) is 7.54. The van der Waals surface area contributed by atoms with E-state index in [2.05, 4.69) is 20.5 Å². The third kappa shape index (κ3) is 5.99. The van der Waals surface area contributed by atoms with E-state index < -0.39 is 76.9 Å². The summed E-state index contributed by atoms with van der Waals surface area (Å²) in [6, 6.07) is 4.74. The minimum absolute atomic E-state index is 0.142. The van der Waals surface area contributed by atoms with Crippen LogP contribution in [0.25, 0.3) is 0 Å². The molecular weight excluding hydrogens is 551 g/mol. The van der Waals surface area contributed by atoms with Crippen LogP contribution in [0.1, 0.15) is 21.6 Å². The number of rotatable bonds is 6. The van der Waals surface area contributed by atoms with E-state index in [1.807, 2.05) is 0 Å². The number of aromatic nitrogens is 3. The molecule has 17 heteroatoms. The fraction of sp³-hybridized carbons (Fsp3) is 0.200. The SMILES string of the molecule is Cc1c(C(F)(F)F)nnc(Oc2ncc(S(C)(=O)=O)c(F)c2F)c1C(=O)Nc1cccc(S(C)(=O)=O)c1. The Morgan fingerprint density at radius 2 is 1.62 bits per heavy atom. The maximum atomic E-state index is 14.5. The Hall–Kier alpha value is -3.73. The molecule has 10 nitrogen and oxygen atoms in total. The average Bonchev–Trinajstić information content (AvgIpc) is 2.74. The van der Waals surface area contributed by atoms with E-state index in [0.717, 1.165) is 19.2 Å². The largest absolute Gasteiger partial charge is 0.435 e. The lowest BCUT2D eigenvalue weighted by molar-refractivity contribution is -0.142. The highest BCUT2D eigenvalue weighted by Crippen LogP contribution is 2.35. The maximum Gasteiger partial charge on any atom is 0.435 e. The van der Waals surface area contributed by atoms with Crippen molar-refractivity contribution < 1.29 is 48.3 Å². The minimum Gasteiger partial charge on any atom is -0.415 e. The highest BCUT2D eigenvalue weighted by Gasteiger charge is 2.38. The molecule has 0 saturated heterocycles. The number of hydrogen-bond acceptors (Lipinski definition) is 9. The molecule has 0 unspecified atom stereocenters. The van der Waals surface area contributed by atoms with Gasteiger partial charge in [0.05, 0.1) is 11.1 Å². The lowest BCUT2D eigenvalue weighted by Gasteiger charge is -2.16. The lowest BCUT2D eigenvalue weighted by atomic mass is 10.1. The molecule has 2 aromatic heterocycles. The topological polar surface area (TPSA) is 145 Å². The van der Waals surface area contributed by atoms with E-state index in [9.17, 15) is 43.6 Å². The Kier molecular flexibility index (Phi) is 7.24. The monoisotopic (exact) mass is 566 g/mol. The number of anilines is 1. The molecule has 1 N–H and O–H groups in total. The van der Waals surface area contributed by atoms with Crippen molar-refractivity contribution in [1.82, 2.24) is 15.2 Å². The molecule has 0 spiro atoms. The van der Waals surface area contributed by atoms with Crippen LogP contribution in [0.3, 0.4) is 0 Å².